The first-order valence-corrected chi connectivity index (χ1v) is 10.8. The van der Waals surface area contributed by atoms with E-state index in [0.29, 0.717) is 57.5 Å². The number of imidazole rings is 1. The van der Waals surface area contributed by atoms with E-state index in [-0.39, 0.29) is 11.5 Å². The minimum absolute atomic E-state index is 0.152. The molecule has 0 radical (unpaired) electrons. The van der Waals surface area contributed by atoms with E-state index in [0.717, 1.165) is 0 Å². The van der Waals surface area contributed by atoms with E-state index in [1.54, 1.807) is 30.6 Å². The van der Waals surface area contributed by atoms with E-state index >= 15 is 0 Å². The highest BCUT2D eigenvalue weighted by Gasteiger charge is 2.17. The number of nitrogens with zero attached hydrogens (tertiary/aromatic N) is 6. The smallest absolute Gasteiger partial charge is 0.311 e. The maximum atomic E-state index is 10.9. The second-order valence-electron chi connectivity index (χ2n) is 7.15. The van der Waals surface area contributed by atoms with Gasteiger partial charge in [0.2, 0.25) is 11.8 Å². The number of hydrogen-bond acceptors (Lipinski definition) is 9. The van der Waals surface area contributed by atoms with Gasteiger partial charge in [-0.2, -0.15) is 0 Å². The first-order chi connectivity index (χ1) is 16.3. The van der Waals surface area contributed by atoms with Gasteiger partial charge >= 0.3 is 5.69 Å². The molecule has 0 saturated carbocycles. The molecule has 4 N–H and O–H groups in total. The molecule has 0 amide bonds. The molecule has 0 aliphatic rings. The van der Waals surface area contributed by atoms with E-state index in [1.165, 1.54) is 12.1 Å². The minimum atomic E-state index is -0.579. The summed E-state index contributed by atoms with van der Waals surface area (Å²) in [5.41, 5.74) is 7.39. The molecule has 0 bridgehead atoms. The molecule has 0 aliphatic carbocycles. The summed E-state index contributed by atoms with van der Waals surface area (Å²) in [6.45, 7) is 0.875. The van der Waals surface area contributed by atoms with E-state index in [9.17, 15) is 10.1 Å². The lowest BCUT2D eigenvalue weighted by Crippen LogP contribution is -2.16. The number of hydrogen-bond donors (Lipinski definition) is 3. The highest BCUT2D eigenvalue weighted by molar-refractivity contribution is 6.36. The van der Waals surface area contributed by atoms with Gasteiger partial charge in [-0.25, -0.2) is 19.9 Å². The van der Waals surface area contributed by atoms with Crippen molar-refractivity contribution >= 4 is 46.5 Å². The fourth-order valence-electron chi connectivity index (χ4n) is 3.23. The largest absolute Gasteiger partial charge is 0.378 e. The van der Waals surface area contributed by atoms with Crippen LogP contribution < -0.4 is 16.4 Å². The number of rotatable bonds is 8. The zero-order valence-corrected chi connectivity index (χ0v) is 19.4. The lowest BCUT2D eigenvalue weighted by Gasteiger charge is -2.13. The van der Waals surface area contributed by atoms with Gasteiger partial charge in [0, 0.05) is 55.4 Å². The van der Waals surface area contributed by atoms with E-state index < -0.39 is 4.92 Å². The topological polar surface area (TPSA) is 150 Å². The molecule has 1 aromatic carbocycles. The van der Waals surface area contributed by atoms with Crippen molar-refractivity contribution in [1.82, 2.24) is 24.5 Å². The van der Waals surface area contributed by atoms with Gasteiger partial charge in [-0.15, -0.1) is 0 Å². The van der Waals surface area contributed by atoms with Crippen LogP contribution in [0, 0.1) is 10.1 Å². The van der Waals surface area contributed by atoms with Crippen molar-refractivity contribution in [2.75, 3.05) is 29.5 Å². The molecule has 11 nitrogen and oxygen atoms in total. The SMILES string of the molecule is Cn1ccnc1-c1cnc(NCCNc2ccc([N+](=O)[O-])c(N)n2)nc1-c1ccc(Cl)cc1Cl. The van der Waals surface area contributed by atoms with Crippen molar-refractivity contribution in [3.05, 3.63) is 69.1 Å². The average molecular weight is 500 g/mol. The van der Waals surface area contributed by atoms with Gasteiger partial charge in [-0.05, 0) is 24.3 Å². The maximum Gasteiger partial charge on any atom is 0.311 e. The Balaban J connectivity index is 1.52. The first kappa shape index (κ1) is 23.2. The average Bonchev–Trinajstić information content (AvgIpc) is 3.22. The summed E-state index contributed by atoms with van der Waals surface area (Å²) < 4.78 is 1.87. The minimum Gasteiger partial charge on any atom is -0.378 e. The Morgan fingerprint density at radius 3 is 2.56 bits per heavy atom. The third-order valence-corrected chi connectivity index (χ3v) is 5.40. The van der Waals surface area contributed by atoms with Gasteiger partial charge < -0.3 is 20.9 Å². The molecule has 4 rings (SSSR count). The Labute approximate surface area is 204 Å². The summed E-state index contributed by atoms with van der Waals surface area (Å²) in [5, 5.41) is 18.0. The van der Waals surface area contributed by atoms with Gasteiger partial charge in [0.15, 0.2) is 0 Å². The zero-order valence-electron chi connectivity index (χ0n) is 17.9. The Morgan fingerprint density at radius 2 is 1.88 bits per heavy atom. The molecule has 13 heteroatoms. The quantitative estimate of drug-likeness (QED) is 0.183. The number of nitrogens with two attached hydrogens (primary N) is 1. The van der Waals surface area contributed by atoms with Crippen LogP contribution in [0.5, 0.6) is 0 Å². The summed E-state index contributed by atoms with van der Waals surface area (Å²) >= 11 is 12.5. The van der Waals surface area contributed by atoms with Crippen molar-refractivity contribution in [3.8, 4) is 22.6 Å². The molecule has 0 atom stereocenters. The summed E-state index contributed by atoms with van der Waals surface area (Å²) in [6.07, 6.45) is 5.21. The number of anilines is 3. The summed E-state index contributed by atoms with van der Waals surface area (Å²) in [4.78, 5) is 27.8. The van der Waals surface area contributed by atoms with Crippen molar-refractivity contribution in [3.63, 3.8) is 0 Å². The monoisotopic (exact) mass is 499 g/mol. The van der Waals surface area contributed by atoms with Crippen LogP contribution in [0.2, 0.25) is 10.0 Å². The fraction of sp³-hybridized carbons (Fsp3) is 0.143. The highest BCUT2D eigenvalue weighted by atomic mass is 35.5. The normalized spacial score (nSPS) is 10.8. The molecule has 34 heavy (non-hydrogen) atoms. The molecule has 0 fully saturated rings. The second-order valence-corrected chi connectivity index (χ2v) is 8.00. The predicted octanol–water partition coefficient (Wildman–Crippen LogP) is 4.26. The number of nitrogen functional groups attached to an aromatic ring is 1. The fourth-order valence-corrected chi connectivity index (χ4v) is 3.73. The molecular weight excluding hydrogens is 481 g/mol. The Bertz CT molecular complexity index is 1360. The van der Waals surface area contributed by atoms with Crippen LogP contribution in [-0.2, 0) is 7.05 Å². The highest BCUT2D eigenvalue weighted by Crippen LogP contribution is 2.35. The third-order valence-electron chi connectivity index (χ3n) is 4.85. The van der Waals surface area contributed by atoms with Crippen LogP contribution in [0.3, 0.4) is 0 Å². The van der Waals surface area contributed by atoms with Crippen molar-refractivity contribution in [1.29, 1.82) is 0 Å². The number of nitro groups is 1. The van der Waals surface area contributed by atoms with Crippen LogP contribution in [0.4, 0.5) is 23.3 Å². The van der Waals surface area contributed by atoms with Crippen molar-refractivity contribution in [2.45, 2.75) is 0 Å². The Morgan fingerprint density at radius 1 is 1.09 bits per heavy atom. The standard InChI is InChI=1S/C21H19Cl2N9O2/c1-31-9-8-26-20(31)14-11-28-21(30-18(14)13-3-2-12(22)10-15(13)23)27-7-6-25-17-5-4-16(32(33)34)19(24)29-17/h2-5,8-11H,6-7H2,1H3,(H3,24,25,29)(H,27,28,30). The molecular formula is C21H19Cl2N9O2. The number of aromatic nitrogens is 5. The van der Waals surface area contributed by atoms with Crippen molar-refractivity contribution < 1.29 is 4.92 Å². The van der Waals surface area contributed by atoms with Crippen LogP contribution in [0.15, 0.2) is 48.9 Å². The molecule has 0 saturated heterocycles. The lowest BCUT2D eigenvalue weighted by atomic mass is 10.1. The Kier molecular flexibility index (Phi) is 6.75. The number of pyridine rings is 1. The van der Waals surface area contributed by atoms with E-state index in [4.69, 9.17) is 28.9 Å². The van der Waals surface area contributed by atoms with Crippen LogP contribution in [-0.4, -0.2) is 42.5 Å². The summed E-state index contributed by atoms with van der Waals surface area (Å²) in [7, 11) is 1.88. The van der Waals surface area contributed by atoms with Crippen LogP contribution in [0.1, 0.15) is 0 Å². The predicted molar refractivity (Wildman–Crippen MR) is 132 cm³/mol. The van der Waals surface area contributed by atoms with Crippen LogP contribution >= 0.6 is 23.2 Å². The van der Waals surface area contributed by atoms with Gasteiger partial charge in [-0.1, -0.05) is 23.2 Å². The molecule has 3 heterocycles. The lowest BCUT2D eigenvalue weighted by molar-refractivity contribution is -0.384. The molecule has 0 aliphatic heterocycles. The van der Waals surface area contributed by atoms with Gasteiger partial charge in [0.25, 0.3) is 0 Å². The van der Waals surface area contributed by atoms with E-state index in [1.807, 2.05) is 17.8 Å². The van der Waals surface area contributed by atoms with Crippen molar-refractivity contribution in [2.24, 2.45) is 7.05 Å². The van der Waals surface area contributed by atoms with Gasteiger partial charge in [-0.3, -0.25) is 10.1 Å². The summed E-state index contributed by atoms with van der Waals surface area (Å²) in [6, 6.07) is 8.00. The molecule has 3 aromatic heterocycles. The van der Waals surface area contributed by atoms with Crippen LogP contribution in [0.25, 0.3) is 22.6 Å². The van der Waals surface area contributed by atoms with Gasteiger partial charge in [0.05, 0.1) is 21.2 Å². The number of halogens is 2. The third kappa shape index (κ3) is 5.00. The zero-order chi connectivity index (χ0) is 24.2. The number of nitrogens with one attached hydrogen (secondary N) is 2. The Hall–Kier alpha value is -3.96. The molecule has 4 aromatic rings. The summed E-state index contributed by atoms with van der Waals surface area (Å²) in [5.74, 6) is 1.35. The molecule has 0 unspecified atom stereocenters. The molecule has 0 spiro atoms. The molecule has 174 valence electrons. The first-order valence-electron chi connectivity index (χ1n) is 10.0. The van der Waals surface area contributed by atoms with E-state index in [2.05, 4.69) is 30.6 Å². The number of benzene rings is 1. The van der Waals surface area contributed by atoms with Gasteiger partial charge in [0.1, 0.15) is 11.6 Å². The maximum absolute atomic E-state index is 10.9. The second kappa shape index (κ2) is 9.89. The number of aryl methyl sites for hydroxylation is 1.